The number of imidazole rings is 1. The van der Waals surface area contributed by atoms with E-state index >= 15 is 0 Å². The molecule has 0 saturated carbocycles. The number of amides is 1. The van der Waals surface area contributed by atoms with Gasteiger partial charge in [-0.2, -0.15) is 22.0 Å². The third-order valence-corrected chi connectivity index (χ3v) is 6.71. The van der Waals surface area contributed by atoms with Gasteiger partial charge in [0.05, 0.1) is 16.1 Å². The third-order valence-electron chi connectivity index (χ3n) is 6.49. The molecule has 0 spiro atoms. The number of aryl methyl sites for hydroxylation is 1. The van der Waals surface area contributed by atoms with Crippen LogP contribution in [0.15, 0.2) is 42.6 Å². The van der Waals surface area contributed by atoms with Gasteiger partial charge in [0.15, 0.2) is 5.82 Å². The van der Waals surface area contributed by atoms with E-state index in [2.05, 4.69) is 20.3 Å². The van der Waals surface area contributed by atoms with Crippen molar-refractivity contribution in [1.29, 1.82) is 0 Å². The van der Waals surface area contributed by atoms with Crippen LogP contribution >= 0.6 is 11.6 Å². The van der Waals surface area contributed by atoms with Gasteiger partial charge in [0, 0.05) is 19.0 Å². The average Bonchev–Trinajstić information content (AvgIpc) is 3.31. The molecule has 4 aromatic rings. The Morgan fingerprint density at radius 3 is 2.53 bits per heavy atom. The molecule has 3 N–H and O–H groups in total. The van der Waals surface area contributed by atoms with Gasteiger partial charge in [0.2, 0.25) is 5.91 Å². The van der Waals surface area contributed by atoms with Crippen LogP contribution in [0, 0.1) is 5.82 Å². The fraction of sp³-hybridized carbons (Fsp3) is 0.250. The van der Waals surface area contributed by atoms with Gasteiger partial charge >= 0.3 is 12.1 Å². The van der Waals surface area contributed by atoms with Crippen LogP contribution in [0.2, 0.25) is 5.02 Å². The van der Waals surface area contributed by atoms with Gasteiger partial charge in [0.1, 0.15) is 34.4 Å². The van der Waals surface area contributed by atoms with Crippen molar-refractivity contribution in [3.05, 3.63) is 70.4 Å². The fourth-order valence-electron chi connectivity index (χ4n) is 4.46. The normalized spacial score (nSPS) is 17.6. The van der Waals surface area contributed by atoms with Crippen LogP contribution < -0.4 is 11.1 Å². The molecule has 0 bridgehead atoms. The first-order valence-corrected chi connectivity index (χ1v) is 11.5. The van der Waals surface area contributed by atoms with Gasteiger partial charge in [-0.25, -0.2) is 19.3 Å². The number of alkyl halides is 5. The number of hydrogen-bond acceptors (Lipinski definition) is 5. The highest BCUT2D eigenvalue weighted by atomic mass is 35.5. The summed E-state index contributed by atoms with van der Waals surface area (Å²) in [6.45, 7) is 1.54. The van der Waals surface area contributed by atoms with Crippen molar-refractivity contribution in [3.8, 4) is 11.5 Å². The van der Waals surface area contributed by atoms with E-state index in [9.17, 15) is 31.1 Å². The van der Waals surface area contributed by atoms with Crippen LogP contribution in [0.25, 0.3) is 17.0 Å². The minimum atomic E-state index is -5.72. The quantitative estimate of drug-likeness (QED) is 0.315. The number of nitrogens with one attached hydrogen (secondary N) is 1. The molecule has 38 heavy (non-hydrogen) atoms. The number of benzene rings is 1. The SMILES string of the molecule is CC1(c2cccc(F)c2)C(=O)Nc2nc(-c3nc(CCC(F)(F)C(F)(F)F)n4cc(Cl)ccc34)nc(N)c21. The summed E-state index contributed by atoms with van der Waals surface area (Å²) in [5, 5.41) is 2.79. The van der Waals surface area contributed by atoms with Crippen molar-refractivity contribution in [1.82, 2.24) is 19.4 Å². The van der Waals surface area contributed by atoms with Gasteiger partial charge in [-0.1, -0.05) is 23.7 Å². The molecule has 5 rings (SSSR count). The minimum absolute atomic E-state index is 0.0232. The maximum atomic E-state index is 13.9. The fourth-order valence-corrected chi connectivity index (χ4v) is 4.62. The molecule has 0 fully saturated rings. The third kappa shape index (κ3) is 4.01. The number of fused-ring (bicyclic) bond motifs is 2. The Morgan fingerprint density at radius 2 is 1.84 bits per heavy atom. The number of anilines is 2. The van der Waals surface area contributed by atoms with E-state index in [0.29, 0.717) is 5.56 Å². The highest BCUT2D eigenvalue weighted by molar-refractivity contribution is 6.30. The Hall–Kier alpha value is -3.87. The highest BCUT2D eigenvalue weighted by Crippen LogP contribution is 2.45. The molecule has 4 heterocycles. The van der Waals surface area contributed by atoms with Crippen LogP contribution in [-0.2, 0) is 16.6 Å². The van der Waals surface area contributed by atoms with E-state index < -0.39 is 42.1 Å². The predicted molar refractivity (Wildman–Crippen MR) is 126 cm³/mol. The van der Waals surface area contributed by atoms with Crippen molar-refractivity contribution in [3.63, 3.8) is 0 Å². The Bertz CT molecular complexity index is 1600. The first-order chi connectivity index (χ1) is 17.7. The molecule has 1 aromatic carbocycles. The monoisotopic (exact) mass is 554 g/mol. The molecule has 0 saturated heterocycles. The molecule has 1 amide bonds. The predicted octanol–water partition coefficient (Wildman–Crippen LogP) is 5.55. The molecule has 1 aliphatic rings. The lowest BCUT2D eigenvalue weighted by Gasteiger charge is -2.23. The van der Waals surface area contributed by atoms with Crippen LogP contribution in [0.3, 0.4) is 0 Å². The summed E-state index contributed by atoms with van der Waals surface area (Å²) in [6, 6.07) is 8.35. The zero-order chi connectivity index (χ0) is 27.6. The number of carbonyl (C=O) groups is 1. The molecule has 7 nitrogen and oxygen atoms in total. The van der Waals surface area contributed by atoms with Gasteiger partial charge in [-0.05, 0) is 36.8 Å². The molecular weight excluding hydrogens is 538 g/mol. The van der Waals surface area contributed by atoms with Crippen LogP contribution in [-0.4, -0.2) is 37.4 Å². The summed E-state index contributed by atoms with van der Waals surface area (Å²) in [6.07, 6.45) is -6.70. The first kappa shape index (κ1) is 25.8. The molecule has 0 aliphatic carbocycles. The molecule has 1 aliphatic heterocycles. The maximum Gasteiger partial charge on any atom is 0.453 e. The van der Waals surface area contributed by atoms with E-state index in [1.54, 1.807) is 6.07 Å². The summed E-state index contributed by atoms with van der Waals surface area (Å²) < 4.78 is 80.5. The van der Waals surface area contributed by atoms with Gasteiger partial charge in [-0.3, -0.25) is 4.79 Å². The largest absolute Gasteiger partial charge is 0.453 e. The van der Waals surface area contributed by atoms with E-state index in [-0.39, 0.29) is 45.1 Å². The Balaban J connectivity index is 1.61. The molecular formula is C24H17ClF6N6O. The zero-order valence-corrected chi connectivity index (χ0v) is 20.1. The van der Waals surface area contributed by atoms with Gasteiger partial charge in [-0.15, -0.1) is 0 Å². The minimum Gasteiger partial charge on any atom is -0.383 e. The Morgan fingerprint density at radius 1 is 1.11 bits per heavy atom. The zero-order valence-electron chi connectivity index (χ0n) is 19.4. The summed E-state index contributed by atoms with van der Waals surface area (Å²) >= 11 is 6.03. The lowest BCUT2D eigenvalue weighted by molar-refractivity contribution is -0.284. The molecule has 0 radical (unpaired) electrons. The molecule has 1 unspecified atom stereocenters. The molecule has 198 valence electrons. The number of halogens is 7. The van der Waals surface area contributed by atoms with Crippen molar-refractivity contribution >= 4 is 34.7 Å². The van der Waals surface area contributed by atoms with E-state index in [1.807, 2.05) is 0 Å². The smallest absolute Gasteiger partial charge is 0.383 e. The lowest BCUT2D eigenvalue weighted by Crippen LogP contribution is -2.36. The number of rotatable bonds is 5. The summed E-state index contributed by atoms with van der Waals surface area (Å²) in [5.41, 5.74) is 5.62. The first-order valence-electron chi connectivity index (χ1n) is 11.1. The van der Waals surface area contributed by atoms with Crippen LogP contribution in [0.5, 0.6) is 0 Å². The highest BCUT2D eigenvalue weighted by Gasteiger charge is 2.56. The number of nitrogens with zero attached hydrogens (tertiary/aromatic N) is 4. The molecule has 1 atom stereocenters. The Labute approximate surface area is 215 Å². The standard InChI is InChI=1S/C24H17ClF6N6O/c1-22(11-3-2-4-13(26)9-11)16-18(32)34-20(35-19(16)36-21(22)38)17-14-6-5-12(25)10-37(14)15(33-17)7-8-23(27,28)24(29,30)31/h2-6,9-10H,7-8H2,1H3,(H3,32,34,35,36,38). The van der Waals surface area contributed by atoms with E-state index in [4.69, 9.17) is 17.3 Å². The average molecular weight is 555 g/mol. The summed E-state index contributed by atoms with van der Waals surface area (Å²) in [4.78, 5) is 25.9. The second-order valence-electron chi connectivity index (χ2n) is 8.93. The van der Waals surface area contributed by atoms with Crippen molar-refractivity contribution < 1.29 is 31.1 Å². The molecule has 14 heteroatoms. The van der Waals surface area contributed by atoms with Crippen LogP contribution in [0.1, 0.15) is 30.3 Å². The lowest BCUT2D eigenvalue weighted by atomic mass is 9.78. The number of nitrogens with two attached hydrogens (primary N) is 1. The molecule has 3 aromatic heterocycles. The number of aromatic nitrogens is 4. The topological polar surface area (TPSA) is 98.2 Å². The van der Waals surface area contributed by atoms with Gasteiger partial charge in [0.25, 0.3) is 0 Å². The second-order valence-corrected chi connectivity index (χ2v) is 9.36. The van der Waals surface area contributed by atoms with E-state index in [0.717, 1.165) is 0 Å². The van der Waals surface area contributed by atoms with Crippen molar-refractivity contribution in [2.45, 2.75) is 37.3 Å². The number of nitrogen functional groups attached to an aromatic ring is 1. The maximum absolute atomic E-state index is 13.9. The van der Waals surface area contributed by atoms with Gasteiger partial charge < -0.3 is 15.5 Å². The number of carbonyl (C=O) groups excluding carboxylic acids is 1. The number of hydrogen-bond donors (Lipinski definition) is 2. The summed E-state index contributed by atoms with van der Waals surface area (Å²) in [5.74, 6) is -6.38. The van der Waals surface area contributed by atoms with Crippen molar-refractivity contribution in [2.75, 3.05) is 11.1 Å². The number of pyridine rings is 1. The Kier molecular flexibility index (Phi) is 5.82. The van der Waals surface area contributed by atoms with E-state index in [1.165, 1.54) is 47.9 Å². The van der Waals surface area contributed by atoms with Crippen LogP contribution in [0.4, 0.5) is 38.0 Å². The van der Waals surface area contributed by atoms with Crippen molar-refractivity contribution in [2.24, 2.45) is 0 Å². The second kappa shape index (κ2) is 8.58. The summed E-state index contributed by atoms with van der Waals surface area (Å²) in [7, 11) is 0.